The number of piperazine rings is 1. The molecule has 2 fully saturated rings. The van der Waals surface area contributed by atoms with Gasteiger partial charge < -0.3 is 40.9 Å². The van der Waals surface area contributed by atoms with Crippen molar-refractivity contribution in [2.75, 3.05) is 81.5 Å². The molecule has 0 bridgehead atoms. The summed E-state index contributed by atoms with van der Waals surface area (Å²) in [6, 6.07) is 30.5. The number of anilines is 2. The average molecular weight is 1500 g/mol. The summed E-state index contributed by atoms with van der Waals surface area (Å²) in [7, 11) is -11.2. The van der Waals surface area contributed by atoms with Crippen LogP contribution in [0.5, 0.6) is 0 Å². The number of aliphatic hydroxyl groups excluding tert-OH is 2. The van der Waals surface area contributed by atoms with Gasteiger partial charge >= 0.3 is 5.51 Å². The van der Waals surface area contributed by atoms with Gasteiger partial charge in [-0.25, -0.2) is 26.5 Å². The number of benzene rings is 5. The Labute approximate surface area is 611 Å². The van der Waals surface area contributed by atoms with Gasteiger partial charge in [0.25, 0.3) is 25.8 Å². The first-order valence-corrected chi connectivity index (χ1v) is 39.9. The molecule has 6 N–H and O–H groups in total. The van der Waals surface area contributed by atoms with Crippen LogP contribution in [0.4, 0.5) is 24.5 Å². The van der Waals surface area contributed by atoms with Gasteiger partial charge in [0, 0.05) is 98.2 Å². The zero-order valence-corrected chi connectivity index (χ0v) is 62.9. The maximum atomic E-state index is 14.6. The minimum atomic E-state index is -6.21. The molecule has 5 aromatic carbocycles. The van der Waals surface area contributed by atoms with Crippen LogP contribution < -0.4 is 25.6 Å². The third-order valence-electron chi connectivity index (χ3n) is 19.2. The van der Waals surface area contributed by atoms with Gasteiger partial charge in [0.2, 0.25) is 17.7 Å². The van der Waals surface area contributed by atoms with Gasteiger partial charge in [0.15, 0.2) is 0 Å². The van der Waals surface area contributed by atoms with Crippen molar-refractivity contribution in [1.29, 1.82) is 0 Å². The number of alkyl halides is 3. The molecule has 27 heteroatoms. The lowest BCUT2D eigenvalue weighted by Gasteiger charge is -2.39. The number of carbonyl (C=O) groups excluding carboxylic acids is 4. The molecule has 102 heavy (non-hydrogen) atoms. The molecule has 0 spiro atoms. The van der Waals surface area contributed by atoms with Crippen molar-refractivity contribution in [2.45, 2.75) is 163 Å². The molecule has 3 aliphatic rings. The SMILES string of the molecule is Cc1ncsc1-c1ccc([C@H](C)NC(=O)[C@@H]2C[C@@H](O)CN2C(=O)[C@@H](NC(=O)CCCCCCN(CCO)CC[C@H](CSc2ccccc2)Nc2ccc(S(=O)(=O)NC(=O)c3ccc(N4CCN(CC5=C(c6ccc(Cl)cc6)CCC(C)(C)C5)CC4)cc3)cc2S(=O)(=O)C(F)(F)F)C(C)(C)C)cc1. The summed E-state index contributed by atoms with van der Waals surface area (Å²) in [5, 5.41) is 30.6. The number of allylic oxidation sites excluding steroid dienone is 1. The lowest BCUT2D eigenvalue weighted by Crippen LogP contribution is -2.57. The Balaban J connectivity index is 0.778. The number of hydrogen-bond acceptors (Lipinski definition) is 17. The van der Waals surface area contributed by atoms with E-state index in [1.54, 1.807) is 29.0 Å². The van der Waals surface area contributed by atoms with Gasteiger partial charge in [-0.1, -0.05) is 119 Å². The number of β-amino-alcohol motifs (C(OH)–C–C–N with tert-alkyl or cyclic N) is 1. The summed E-state index contributed by atoms with van der Waals surface area (Å²) in [6.07, 6.45) is 4.92. The normalized spacial score (nSPS) is 17.9. The average Bonchev–Trinajstić information content (AvgIpc) is 0.847. The van der Waals surface area contributed by atoms with E-state index in [-0.39, 0.29) is 61.6 Å². The number of carbonyl (C=O) groups is 4. The quantitative estimate of drug-likeness (QED) is 0.0175. The number of aliphatic hydroxyl groups is 2. The summed E-state index contributed by atoms with van der Waals surface area (Å²) in [6.45, 7) is 18.4. The summed E-state index contributed by atoms with van der Waals surface area (Å²) in [5.41, 5.74) is 2.41. The van der Waals surface area contributed by atoms with Crippen LogP contribution in [0, 0.1) is 17.8 Å². The maximum absolute atomic E-state index is 14.6. The fourth-order valence-corrected chi connectivity index (χ4v) is 17.3. The van der Waals surface area contributed by atoms with Crippen molar-refractivity contribution in [3.8, 4) is 10.4 Å². The fourth-order valence-electron chi connectivity index (χ4n) is 13.4. The zero-order valence-electron chi connectivity index (χ0n) is 58.9. The van der Waals surface area contributed by atoms with Gasteiger partial charge in [-0.3, -0.25) is 24.1 Å². The number of sulfonamides is 1. The molecule has 552 valence electrons. The first kappa shape index (κ1) is 79.2. The van der Waals surface area contributed by atoms with E-state index in [1.807, 2.05) is 111 Å². The molecule has 1 aliphatic carbocycles. The Hall–Kier alpha value is -6.88. The number of hydrogen-bond donors (Lipinski definition) is 6. The Morgan fingerprint density at radius 1 is 0.833 bits per heavy atom. The largest absolute Gasteiger partial charge is 0.501 e. The van der Waals surface area contributed by atoms with Crippen LogP contribution in [0.15, 0.2) is 147 Å². The number of likely N-dealkylation sites (tertiary alicyclic amines) is 1. The van der Waals surface area contributed by atoms with Crippen molar-refractivity contribution < 1.29 is 59.4 Å². The van der Waals surface area contributed by atoms with Crippen LogP contribution in [0.25, 0.3) is 16.0 Å². The second-order valence-corrected chi connectivity index (χ2v) is 34.6. The molecule has 9 rings (SSSR count). The summed E-state index contributed by atoms with van der Waals surface area (Å²) < 4.78 is 101. The standard InChI is InChI=1S/C75H95ClF3N9O10S4/c1-50(52-18-20-54(21-19-52)68-51(2)80-49-100-68)81-71(93)65-43-60(90)47-88(65)72(94)69(73(3,4)5)83-67(91)17-13-8-9-14-35-85(41-42-89)36-33-58(48-99-61-15-11-10-12-16-61)82-64-31-30-62(44-66(64)101(95,96)75(77,78)79)102(97,98)84-70(92)55-24-28-59(29-25-55)87-39-37-86(38-40-87)46-56-45-74(6,7)34-32-63(56)53-22-26-57(76)27-23-53/h10-12,15-16,18-31,44,49-50,58,60,65,69,82,89-90H,8-9,13-14,17,32-43,45-48H2,1-7H3,(H,81,93)(H,83,91)(H,84,92)/t50-,58+,60+,65-,69+/m0/s1. The van der Waals surface area contributed by atoms with E-state index in [1.165, 1.54) is 45.5 Å². The van der Waals surface area contributed by atoms with E-state index in [0.717, 1.165) is 83.3 Å². The molecular formula is C75H95ClF3N9O10S4. The minimum Gasteiger partial charge on any atom is -0.395 e. The van der Waals surface area contributed by atoms with Gasteiger partial charge in [-0.15, -0.1) is 23.1 Å². The van der Waals surface area contributed by atoms with E-state index in [0.29, 0.717) is 63.0 Å². The lowest BCUT2D eigenvalue weighted by molar-refractivity contribution is -0.144. The highest BCUT2D eigenvalue weighted by molar-refractivity contribution is 7.99. The predicted octanol–water partition coefficient (Wildman–Crippen LogP) is 12.5. The molecule has 2 saturated heterocycles. The number of sulfone groups is 1. The van der Waals surface area contributed by atoms with E-state index in [9.17, 15) is 59.4 Å². The maximum Gasteiger partial charge on any atom is 0.501 e. The number of thiazole rings is 1. The monoisotopic (exact) mass is 1500 g/mol. The number of nitrogens with zero attached hydrogens (tertiary/aromatic N) is 5. The van der Waals surface area contributed by atoms with Crippen LogP contribution >= 0.6 is 34.7 Å². The number of amides is 4. The van der Waals surface area contributed by atoms with Crippen LogP contribution in [0.2, 0.25) is 5.02 Å². The second kappa shape index (κ2) is 34.8. The highest BCUT2D eigenvalue weighted by atomic mass is 35.5. The Kier molecular flexibility index (Phi) is 27.0. The molecule has 0 radical (unpaired) electrons. The van der Waals surface area contributed by atoms with E-state index in [4.69, 9.17) is 11.6 Å². The van der Waals surface area contributed by atoms with Crippen LogP contribution in [-0.2, 0) is 34.2 Å². The van der Waals surface area contributed by atoms with Crippen molar-refractivity contribution in [1.82, 2.24) is 35.0 Å². The molecule has 19 nitrogen and oxygen atoms in total. The molecule has 3 heterocycles. The summed E-state index contributed by atoms with van der Waals surface area (Å²) in [5.74, 6) is -2.09. The summed E-state index contributed by atoms with van der Waals surface area (Å²) in [4.78, 5) is 67.3. The lowest BCUT2D eigenvalue weighted by atomic mass is 9.73. The molecule has 4 amide bonds. The van der Waals surface area contributed by atoms with Crippen molar-refractivity contribution in [2.24, 2.45) is 10.8 Å². The minimum absolute atomic E-state index is 0.0395. The molecule has 0 unspecified atom stereocenters. The van der Waals surface area contributed by atoms with E-state index < -0.39 is 94.3 Å². The number of nitrogens with one attached hydrogen (secondary N) is 4. The fraction of sp³-hybridized carbons (Fsp3) is 0.480. The van der Waals surface area contributed by atoms with Crippen LogP contribution in [0.1, 0.15) is 139 Å². The Bertz CT molecular complexity index is 4120. The molecule has 6 aromatic rings. The molecule has 1 aromatic heterocycles. The van der Waals surface area contributed by atoms with Crippen molar-refractivity contribution in [3.05, 3.63) is 160 Å². The molecule has 5 atom stereocenters. The van der Waals surface area contributed by atoms with Gasteiger partial charge in [0.1, 0.15) is 17.0 Å². The predicted molar refractivity (Wildman–Crippen MR) is 398 cm³/mol. The number of thioether (sulfide) groups is 1. The third-order valence-corrected chi connectivity index (χ3v) is 24.4. The number of unbranched alkanes of at least 4 members (excludes halogenated alkanes) is 3. The van der Waals surface area contributed by atoms with Gasteiger partial charge in [-0.2, -0.15) is 13.2 Å². The first-order chi connectivity index (χ1) is 48.3. The number of aromatic nitrogens is 1. The van der Waals surface area contributed by atoms with Crippen LogP contribution in [-0.4, -0.2) is 171 Å². The Morgan fingerprint density at radius 3 is 2.16 bits per heavy atom. The van der Waals surface area contributed by atoms with E-state index >= 15 is 0 Å². The number of rotatable bonds is 31. The number of aryl methyl sites for hydroxylation is 1. The molecule has 0 saturated carbocycles. The van der Waals surface area contributed by atoms with E-state index in [2.05, 4.69) is 56.7 Å². The first-order valence-electron chi connectivity index (χ1n) is 34.7. The smallest absolute Gasteiger partial charge is 0.395 e. The Morgan fingerprint density at radius 2 is 1.51 bits per heavy atom. The summed E-state index contributed by atoms with van der Waals surface area (Å²) >= 11 is 9.14. The van der Waals surface area contributed by atoms with Gasteiger partial charge in [0.05, 0.1) is 45.4 Å². The van der Waals surface area contributed by atoms with Crippen molar-refractivity contribution >= 4 is 95.1 Å². The van der Waals surface area contributed by atoms with Crippen LogP contribution in [0.3, 0.4) is 0 Å². The highest BCUT2D eigenvalue weighted by Gasteiger charge is 2.49. The number of halogens is 4. The second-order valence-electron chi connectivity index (χ2n) is 28.6. The van der Waals surface area contributed by atoms with Crippen molar-refractivity contribution in [3.63, 3.8) is 0 Å². The topological polar surface area (TPSA) is 251 Å². The third kappa shape index (κ3) is 21.2. The molecule has 2 aliphatic heterocycles. The van der Waals surface area contributed by atoms with Gasteiger partial charge in [-0.05, 0) is 159 Å². The molecular weight excluding hydrogens is 1410 g/mol. The zero-order chi connectivity index (χ0) is 73.7. The highest BCUT2D eigenvalue weighted by Crippen LogP contribution is 2.44.